The van der Waals surface area contributed by atoms with E-state index >= 15 is 0 Å². The van der Waals surface area contributed by atoms with Crippen LogP contribution in [0.15, 0.2) is 47.8 Å². The minimum Gasteiger partial charge on any atom is -0.355 e. The number of amides is 2. The van der Waals surface area contributed by atoms with Crippen LogP contribution in [-0.2, 0) is 16.1 Å². The van der Waals surface area contributed by atoms with Crippen LogP contribution in [0.4, 0.5) is 10.2 Å². The normalized spacial score (nSPS) is 10.7. The molecule has 30 heavy (non-hydrogen) atoms. The van der Waals surface area contributed by atoms with Gasteiger partial charge in [0, 0.05) is 44.3 Å². The van der Waals surface area contributed by atoms with Crippen molar-refractivity contribution in [3.8, 4) is 22.5 Å². The molecule has 2 amide bonds. The van der Waals surface area contributed by atoms with Crippen LogP contribution in [0.25, 0.3) is 22.5 Å². The van der Waals surface area contributed by atoms with Crippen LogP contribution in [0.5, 0.6) is 0 Å². The summed E-state index contributed by atoms with van der Waals surface area (Å²) in [5.41, 5.74) is 3.04. The van der Waals surface area contributed by atoms with Crippen molar-refractivity contribution in [2.24, 2.45) is 0 Å². The number of nitrogens with one attached hydrogen (secondary N) is 2. The molecule has 7 nitrogen and oxygen atoms in total. The number of anilines is 1. The Balaban J connectivity index is 2.15. The molecule has 0 unspecified atom stereocenters. The van der Waals surface area contributed by atoms with E-state index in [4.69, 9.17) is 4.98 Å². The van der Waals surface area contributed by atoms with E-state index in [1.807, 2.05) is 16.9 Å². The second-order valence-electron chi connectivity index (χ2n) is 6.55. The van der Waals surface area contributed by atoms with Crippen LogP contribution >= 0.6 is 11.8 Å². The number of hydrogen-bond acceptors (Lipinski definition) is 5. The van der Waals surface area contributed by atoms with Gasteiger partial charge in [-0.25, -0.2) is 14.4 Å². The first-order chi connectivity index (χ1) is 14.4. The van der Waals surface area contributed by atoms with Gasteiger partial charge in [-0.1, -0.05) is 11.8 Å². The zero-order valence-corrected chi connectivity index (χ0v) is 17.7. The van der Waals surface area contributed by atoms with Crippen LogP contribution in [0.1, 0.15) is 13.8 Å². The van der Waals surface area contributed by atoms with Gasteiger partial charge in [-0.3, -0.25) is 9.59 Å². The van der Waals surface area contributed by atoms with Crippen molar-refractivity contribution in [3.05, 3.63) is 48.4 Å². The van der Waals surface area contributed by atoms with Crippen molar-refractivity contribution in [3.63, 3.8) is 0 Å². The van der Waals surface area contributed by atoms with Gasteiger partial charge in [-0.05, 0) is 42.7 Å². The average molecular weight is 428 g/mol. The van der Waals surface area contributed by atoms with Crippen LogP contribution in [0.2, 0.25) is 0 Å². The molecule has 2 aromatic heterocycles. The molecule has 156 valence electrons. The lowest BCUT2D eigenvalue weighted by Crippen LogP contribution is -2.25. The number of halogens is 1. The summed E-state index contributed by atoms with van der Waals surface area (Å²) in [6.07, 6.45) is 3.53. The van der Waals surface area contributed by atoms with E-state index in [1.54, 1.807) is 24.4 Å². The third-order valence-electron chi connectivity index (χ3n) is 4.28. The molecule has 2 N–H and O–H groups in total. The van der Waals surface area contributed by atoms with Gasteiger partial charge in [0.25, 0.3) is 0 Å². The number of rotatable bonds is 7. The molecule has 3 aromatic rings. The summed E-state index contributed by atoms with van der Waals surface area (Å²) in [7, 11) is 0. The van der Waals surface area contributed by atoms with E-state index in [9.17, 15) is 14.0 Å². The average Bonchev–Trinajstić information content (AvgIpc) is 3.06. The second-order valence-corrected chi connectivity index (χ2v) is 7.32. The van der Waals surface area contributed by atoms with Crippen molar-refractivity contribution in [1.82, 2.24) is 19.9 Å². The minimum atomic E-state index is -0.327. The largest absolute Gasteiger partial charge is 0.355 e. The summed E-state index contributed by atoms with van der Waals surface area (Å²) in [6.45, 7) is 3.81. The third-order valence-corrected chi connectivity index (χ3v) is 4.96. The quantitative estimate of drug-likeness (QED) is 0.563. The number of thioether (sulfide) groups is 1. The highest BCUT2D eigenvalue weighted by atomic mass is 32.2. The summed E-state index contributed by atoms with van der Waals surface area (Å²) >= 11 is 1.48. The maximum Gasteiger partial charge on any atom is 0.222 e. The Morgan fingerprint density at radius 1 is 1.10 bits per heavy atom. The SMILES string of the molecule is CSc1nc(-c2ccc(F)cc2)c(-c2ccnc(NC(C)=O)c2)n1CCNC(C)=O. The molecular formula is C21H22FN5O2S. The molecular weight excluding hydrogens is 405 g/mol. The molecule has 9 heteroatoms. The van der Waals surface area contributed by atoms with Crippen molar-refractivity contribution in [2.45, 2.75) is 25.5 Å². The van der Waals surface area contributed by atoms with Crippen molar-refractivity contribution in [1.29, 1.82) is 0 Å². The fourth-order valence-corrected chi connectivity index (χ4v) is 3.65. The third kappa shape index (κ3) is 5.04. The number of benzene rings is 1. The summed E-state index contributed by atoms with van der Waals surface area (Å²) in [6, 6.07) is 9.74. The van der Waals surface area contributed by atoms with E-state index in [1.165, 1.54) is 37.7 Å². The fourth-order valence-electron chi connectivity index (χ4n) is 3.07. The Morgan fingerprint density at radius 3 is 2.47 bits per heavy atom. The number of carbonyl (C=O) groups is 2. The predicted octanol–water partition coefficient (Wildman–Crippen LogP) is 3.57. The van der Waals surface area contributed by atoms with Gasteiger partial charge < -0.3 is 15.2 Å². The van der Waals surface area contributed by atoms with E-state index in [2.05, 4.69) is 15.6 Å². The molecule has 0 saturated carbocycles. The number of pyridine rings is 1. The highest BCUT2D eigenvalue weighted by molar-refractivity contribution is 7.98. The molecule has 1 aromatic carbocycles. The Bertz CT molecular complexity index is 1070. The number of aromatic nitrogens is 3. The summed E-state index contributed by atoms with van der Waals surface area (Å²) in [5.74, 6) is -0.238. The Hall–Kier alpha value is -3.20. The highest BCUT2D eigenvalue weighted by Gasteiger charge is 2.20. The fraction of sp³-hybridized carbons (Fsp3) is 0.238. The topological polar surface area (TPSA) is 88.9 Å². The maximum absolute atomic E-state index is 13.5. The van der Waals surface area contributed by atoms with Gasteiger partial charge in [0.2, 0.25) is 11.8 Å². The lowest BCUT2D eigenvalue weighted by atomic mass is 10.1. The second kappa shape index (κ2) is 9.53. The molecule has 0 aliphatic rings. The van der Waals surface area contributed by atoms with Crippen molar-refractivity contribution < 1.29 is 14.0 Å². The molecule has 0 radical (unpaired) electrons. The minimum absolute atomic E-state index is 0.113. The first kappa shape index (κ1) is 21.5. The van der Waals surface area contributed by atoms with Crippen molar-refractivity contribution in [2.75, 3.05) is 18.1 Å². The number of nitrogens with zero attached hydrogens (tertiary/aromatic N) is 3. The zero-order chi connectivity index (χ0) is 21.7. The van der Waals surface area contributed by atoms with Crippen LogP contribution in [0, 0.1) is 5.82 Å². The molecule has 0 atom stereocenters. The maximum atomic E-state index is 13.5. The van der Waals surface area contributed by atoms with Crippen molar-refractivity contribution >= 4 is 29.4 Å². The molecule has 3 rings (SSSR count). The lowest BCUT2D eigenvalue weighted by molar-refractivity contribution is -0.119. The van der Waals surface area contributed by atoms with E-state index in [0.717, 1.165) is 22.0 Å². The Labute approximate surface area is 178 Å². The Morgan fingerprint density at radius 2 is 1.83 bits per heavy atom. The van der Waals surface area contributed by atoms with Gasteiger partial charge in [0.05, 0.1) is 11.4 Å². The first-order valence-corrected chi connectivity index (χ1v) is 10.5. The van der Waals surface area contributed by atoms with Crippen LogP contribution in [0.3, 0.4) is 0 Å². The molecule has 2 heterocycles. The smallest absolute Gasteiger partial charge is 0.222 e. The van der Waals surface area contributed by atoms with Gasteiger partial charge in [-0.2, -0.15) is 0 Å². The standard InChI is InChI=1S/C21H22FN5O2S/c1-13(28)23-10-11-27-20(16-8-9-24-18(12-16)25-14(2)29)19(26-21(27)30-3)15-4-6-17(22)7-5-15/h4-9,12H,10-11H2,1-3H3,(H,23,28)(H,24,25,29). The molecule has 0 bridgehead atoms. The molecule has 0 fully saturated rings. The monoisotopic (exact) mass is 427 g/mol. The van der Waals surface area contributed by atoms with Gasteiger partial charge >= 0.3 is 0 Å². The molecule has 0 spiro atoms. The Kier molecular flexibility index (Phi) is 6.83. The van der Waals surface area contributed by atoms with Gasteiger partial charge in [0.1, 0.15) is 11.6 Å². The first-order valence-electron chi connectivity index (χ1n) is 9.28. The van der Waals surface area contributed by atoms with Crippen LogP contribution in [-0.4, -0.2) is 39.1 Å². The highest BCUT2D eigenvalue weighted by Crippen LogP contribution is 2.36. The molecule has 0 aliphatic carbocycles. The summed E-state index contributed by atoms with van der Waals surface area (Å²) in [4.78, 5) is 31.7. The predicted molar refractivity (Wildman–Crippen MR) is 116 cm³/mol. The van der Waals surface area contributed by atoms with Gasteiger partial charge in [0.15, 0.2) is 5.16 Å². The number of carbonyl (C=O) groups excluding carboxylic acids is 2. The number of hydrogen-bond donors (Lipinski definition) is 2. The van der Waals surface area contributed by atoms with Crippen LogP contribution < -0.4 is 10.6 Å². The lowest BCUT2D eigenvalue weighted by Gasteiger charge is -2.13. The molecule has 0 aliphatic heterocycles. The zero-order valence-electron chi connectivity index (χ0n) is 16.9. The van der Waals surface area contributed by atoms with Gasteiger partial charge in [-0.15, -0.1) is 0 Å². The van der Waals surface area contributed by atoms with E-state index in [-0.39, 0.29) is 17.6 Å². The molecule has 0 saturated heterocycles. The summed E-state index contributed by atoms with van der Waals surface area (Å²) < 4.78 is 15.5. The number of imidazole rings is 1. The van der Waals surface area contributed by atoms with E-state index < -0.39 is 0 Å². The summed E-state index contributed by atoms with van der Waals surface area (Å²) in [5, 5.41) is 6.25. The van der Waals surface area contributed by atoms with E-state index in [0.29, 0.717) is 24.6 Å².